The van der Waals surface area contributed by atoms with Crippen LogP contribution >= 0.6 is 11.8 Å². The second kappa shape index (κ2) is 12.1. The number of rotatable bonds is 4. The largest absolute Gasteiger partial charge is 0.460 e. The van der Waals surface area contributed by atoms with Crippen molar-refractivity contribution in [3.8, 4) is 22.3 Å². The maximum Gasteiger partial charge on any atom is 0.134 e. The van der Waals surface area contributed by atoms with Crippen molar-refractivity contribution in [3.05, 3.63) is 186 Å². The molecule has 4 heteroatoms. The molecule has 6 unspecified atom stereocenters. The van der Waals surface area contributed by atoms with E-state index in [4.69, 9.17) is 9.41 Å². The first-order valence-electron chi connectivity index (χ1n) is 18.4. The number of furan rings is 1. The van der Waals surface area contributed by atoms with E-state index >= 15 is 0 Å². The van der Waals surface area contributed by atoms with Gasteiger partial charge in [0.1, 0.15) is 17.5 Å². The van der Waals surface area contributed by atoms with Gasteiger partial charge in [-0.2, -0.15) is 0 Å². The van der Waals surface area contributed by atoms with Crippen LogP contribution in [-0.2, 0) is 6.42 Å². The van der Waals surface area contributed by atoms with Gasteiger partial charge in [0.15, 0.2) is 0 Å². The molecular weight excluding hydrogens is 653 g/mol. The van der Waals surface area contributed by atoms with Gasteiger partial charge >= 0.3 is 0 Å². The molecule has 52 heavy (non-hydrogen) atoms. The van der Waals surface area contributed by atoms with Gasteiger partial charge in [0.2, 0.25) is 0 Å². The number of nitrogens with zero attached hydrogens (tertiary/aromatic N) is 1. The molecule has 0 radical (unpaired) electrons. The fraction of sp³-hybridized carbons (Fsp3) is 0.146. The van der Waals surface area contributed by atoms with E-state index in [1.54, 1.807) is 0 Å². The maximum atomic E-state index is 6.77. The van der Waals surface area contributed by atoms with Crippen molar-refractivity contribution in [2.45, 2.75) is 34.7 Å². The molecule has 0 fully saturated rings. The average molecular weight is 689 g/mol. The summed E-state index contributed by atoms with van der Waals surface area (Å²) in [7, 11) is 0. The summed E-state index contributed by atoms with van der Waals surface area (Å²) in [5.41, 5.74) is 11.0. The van der Waals surface area contributed by atoms with Gasteiger partial charge in [-0.25, -0.2) is 0 Å². The fourth-order valence-corrected chi connectivity index (χ4v) is 10.7. The zero-order valence-corrected chi connectivity index (χ0v) is 29.3. The topological polar surface area (TPSA) is 37.5 Å². The summed E-state index contributed by atoms with van der Waals surface area (Å²) in [5, 5.41) is 8.13. The van der Waals surface area contributed by atoms with Crippen molar-refractivity contribution >= 4 is 39.2 Å². The lowest BCUT2D eigenvalue weighted by Crippen LogP contribution is -2.50. The van der Waals surface area contributed by atoms with Gasteiger partial charge in [0, 0.05) is 27.7 Å². The van der Waals surface area contributed by atoms with Gasteiger partial charge < -0.3 is 4.42 Å². The molecule has 0 bridgehead atoms. The third-order valence-corrected chi connectivity index (χ3v) is 13.1. The number of aliphatic imine (C=N–C) groups is 1. The minimum absolute atomic E-state index is 0.0326. The van der Waals surface area contributed by atoms with Gasteiger partial charge in [-0.1, -0.05) is 146 Å². The summed E-state index contributed by atoms with van der Waals surface area (Å²) in [6, 6.07) is 50.9. The smallest absolute Gasteiger partial charge is 0.134 e. The zero-order chi connectivity index (χ0) is 34.2. The normalized spacial score (nSPS) is 24.3. The first kappa shape index (κ1) is 30.2. The number of hydrogen-bond acceptors (Lipinski definition) is 4. The lowest BCUT2D eigenvalue weighted by Gasteiger charge is -2.42. The third kappa shape index (κ3) is 4.82. The molecule has 0 saturated carbocycles. The molecule has 11 rings (SSSR count). The molecule has 6 atom stereocenters. The SMILES string of the molecule is C1=CC2c3oc4ccc(-c5ccc(-c6cccc7ccccc67)cc5)cc4c3CC(C3N=C(c4ccccc4)C4Sc5ccccc5C4N3)C2C=C1. The average Bonchev–Trinajstić information content (AvgIpc) is 3.78. The Morgan fingerprint density at radius 1 is 0.654 bits per heavy atom. The van der Waals surface area contributed by atoms with E-state index in [0.29, 0.717) is 5.92 Å². The van der Waals surface area contributed by atoms with Crippen LogP contribution in [0.3, 0.4) is 0 Å². The molecule has 1 aromatic heterocycles. The Bertz CT molecular complexity index is 2590. The molecule has 6 aromatic carbocycles. The molecule has 2 aliphatic heterocycles. The Labute approximate surface area is 307 Å². The van der Waals surface area contributed by atoms with Crippen molar-refractivity contribution in [2.24, 2.45) is 16.8 Å². The van der Waals surface area contributed by atoms with E-state index in [2.05, 4.69) is 169 Å². The molecule has 1 N–H and O–H groups in total. The van der Waals surface area contributed by atoms with E-state index in [-0.39, 0.29) is 29.3 Å². The highest BCUT2D eigenvalue weighted by molar-refractivity contribution is 8.01. The van der Waals surface area contributed by atoms with Crippen LogP contribution in [0.5, 0.6) is 0 Å². The molecule has 2 aliphatic carbocycles. The minimum atomic E-state index is -0.0326. The predicted molar refractivity (Wildman–Crippen MR) is 215 cm³/mol. The molecule has 0 amide bonds. The van der Waals surface area contributed by atoms with Crippen molar-refractivity contribution in [1.82, 2.24) is 5.32 Å². The molecule has 3 heterocycles. The monoisotopic (exact) mass is 688 g/mol. The van der Waals surface area contributed by atoms with Crippen molar-refractivity contribution < 1.29 is 4.42 Å². The molecule has 7 aromatic rings. The van der Waals surface area contributed by atoms with E-state index in [1.165, 1.54) is 65.7 Å². The van der Waals surface area contributed by atoms with Crippen LogP contribution < -0.4 is 5.32 Å². The highest BCUT2D eigenvalue weighted by Crippen LogP contribution is 2.52. The zero-order valence-electron chi connectivity index (χ0n) is 28.5. The van der Waals surface area contributed by atoms with Crippen LogP contribution in [0.15, 0.2) is 178 Å². The molecule has 250 valence electrons. The predicted octanol–water partition coefficient (Wildman–Crippen LogP) is 11.6. The number of benzene rings is 6. The Morgan fingerprint density at radius 3 is 2.35 bits per heavy atom. The van der Waals surface area contributed by atoms with Crippen molar-refractivity contribution in [2.75, 3.05) is 0 Å². The summed E-state index contributed by atoms with van der Waals surface area (Å²) in [6.07, 6.45) is 10.0. The van der Waals surface area contributed by atoms with Crippen LogP contribution in [-0.4, -0.2) is 17.1 Å². The summed E-state index contributed by atoms with van der Waals surface area (Å²) in [6.45, 7) is 0. The van der Waals surface area contributed by atoms with Gasteiger partial charge in [-0.05, 0) is 74.7 Å². The summed E-state index contributed by atoms with van der Waals surface area (Å²) >= 11 is 1.95. The van der Waals surface area contributed by atoms with E-state index < -0.39 is 0 Å². The molecule has 3 nitrogen and oxygen atoms in total. The quantitative estimate of drug-likeness (QED) is 0.200. The second-order valence-electron chi connectivity index (χ2n) is 14.5. The number of nitrogens with one attached hydrogen (secondary N) is 1. The van der Waals surface area contributed by atoms with E-state index in [9.17, 15) is 0 Å². The van der Waals surface area contributed by atoms with Crippen LogP contribution in [0.25, 0.3) is 44.0 Å². The third-order valence-electron chi connectivity index (χ3n) is 11.7. The van der Waals surface area contributed by atoms with Crippen LogP contribution in [0.2, 0.25) is 0 Å². The van der Waals surface area contributed by atoms with E-state index in [0.717, 1.165) is 17.8 Å². The molecular formula is C48H36N2OS. The second-order valence-corrected chi connectivity index (χ2v) is 15.7. The van der Waals surface area contributed by atoms with Crippen LogP contribution in [0.1, 0.15) is 34.4 Å². The fourth-order valence-electron chi connectivity index (χ4n) is 9.25. The summed E-state index contributed by atoms with van der Waals surface area (Å²) < 4.78 is 6.77. The summed E-state index contributed by atoms with van der Waals surface area (Å²) in [4.78, 5) is 7.00. The lowest BCUT2D eigenvalue weighted by molar-refractivity contribution is 0.223. The van der Waals surface area contributed by atoms with Crippen molar-refractivity contribution in [1.29, 1.82) is 0 Å². The summed E-state index contributed by atoms with van der Waals surface area (Å²) in [5.74, 6) is 1.84. The van der Waals surface area contributed by atoms with E-state index in [1.807, 2.05) is 11.8 Å². The first-order chi connectivity index (χ1) is 25.8. The van der Waals surface area contributed by atoms with Gasteiger partial charge in [0.05, 0.1) is 17.0 Å². The Balaban J connectivity index is 0.980. The highest BCUT2D eigenvalue weighted by Gasteiger charge is 2.47. The number of hydrogen-bond donors (Lipinski definition) is 1. The molecule has 0 saturated heterocycles. The highest BCUT2D eigenvalue weighted by atomic mass is 32.2. The lowest BCUT2D eigenvalue weighted by atomic mass is 9.68. The number of fused-ring (bicyclic) bond motifs is 9. The maximum absolute atomic E-state index is 6.77. The Kier molecular flexibility index (Phi) is 7.02. The van der Waals surface area contributed by atoms with Gasteiger partial charge in [-0.15, -0.1) is 11.8 Å². The minimum Gasteiger partial charge on any atom is -0.460 e. The number of thioether (sulfide) groups is 1. The van der Waals surface area contributed by atoms with Crippen molar-refractivity contribution in [3.63, 3.8) is 0 Å². The van der Waals surface area contributed by atoms with Crippen LogP contribution in [0.4, 0.5) is 0 Å². The molecule has 4 aliphatic rings. The number of allylic oxidation sites excluding steroid dienone is 4. The van der Waals surface area contributed by atoms with Crippen LogP contribution in [0, 0.1) is 11.8 Å². The van der Waals surface area contributed by atoms with Gasteiger partial charge in [0.25, 0.3) is 0 Å². The standard InChI is InChI=1S/C48H36N2OS/c1-2-12-32(13-3-1)44-47-45(38-18-8-9-20-43(38)52-47)50-48(49-44)41-28-40-39-27-33(25-26-42(39)51-46(40)37-17-7-6-16-36(37)41)29-21-23-31(24-22-29)35-19-10-14-30-11-4-5-15-34(30)35/h1-27,36-37,41,45,47-48,50H,28H2. The van der Waals surface area contributed by atoms with Gasteiger partial charge in [-0.3, -0.25) is 10.3 Å². The first-order valence-corrected chi connectivity index (χ1v) is 19.3. The Hall–Kier alpha value is -5.42. The molecule has 0 spiro atoms. The Morgan fingerprint density at radius 2 is 1.42 bits per heavy atom.